The molecule has 0 fully saturated rings. The van der Waals surface area contributed by atoms with Crippen molar-refractivity contribution < 1.29 is 19.5 Å². The molecule has 0 aromatic heterocycles. The van der Waals surface area contributed by atoms with Gasteiger partial charge in [0.1, 0.15) is 0 Å². The second kappa shape index (κ2) is 5.29. The van der Waals surface area contributed by atoms with Crippen LogP contribution in [0.3, 0.4) is 0 Å². The quantitative estimate of drug-likeness (QED) is 0.674. The van der Waals surface area contributed by atoms with E-state index in [1.807, 2.05) is 25.1 Å². The molecule has 1 aromatic carbocycles. The second-order valence-corrected chi connectivity index (χ2v) is 3.37. The van der Waals surface area contributed by atoms with Gasteiger partial charge in [-0.3, -0.25) is 4.79 Å². The van der Waals surface area contributed by atoms with Gasteiger partial charge in [-0.25, -0.2) is 0 Å². The van der Waals surface area contributed by atoms with Crippen LogP contribution in [0.15, 0.2) is 29.1 Å². The fourth-order valence-corrected chi connectivity index (χ4v) is 1.11. The fourth-order valence-electron chi connectivity index (χ4n) is 1.11. The van der Waals surface area contributed by atoms with E-state index in [0.717, 1.165) is 5.56 Å². The van der Waals surface area contributed by atoms with Crippen molar-refractivity contribution >= 4 is 0 Å². The zero-order chi connectivity index (χ0) is 9.14. The Morgan fingerprint density at radius 1 is 1.23 bits per heavy atom. The third-order valence-electron chi connectivity index (χ3n) is 1.97. The third kappa shape index (κ3) is 3.40. The minimum Gasteiger partial charge on any atom is -0.290 e. The molecule has 0 saturated heterocycles. The van der Waals surface area contributed by atoms with Gasteiger partial charge in [0.25, 0.3) is 0 Å². The topological polar surface area (TPSA) is 17.1 Å². The van der Waals surface area contributed by atoms with Crippen molar-refractivity contribution in [2.45, 2.75) is 26.7 Å². The molecule has 0 N–H and O–H groups in total. The van der Waals surface area contributed by atoms with Gasteiger partial charge in [0.15, 0.2) is 5.43 Å². The third-order valence-corrected chi connectivity index (χ3v) is 1.97. The van der Waals surface area contributed by atoms with Crippen LogP contribution in [0.2, 0.25) is 0 Å². The zero-order valence-corrected chi connectivity index (χ0v) is 11.5. The standard InChI is InChI=1S/C11H14O.Zn/c1-8(2)10-5-4-6-11(12)9(3)7-10;/h4-8H,1-3H3;/q;+2. The van der Waals surface area contributed by atoms with Gasteiger partial charge in [0.05, 0.1) is 0 Å². The second-order valence-electron chi connectivity index (χ2n) is 3.37. The number of rotatable bonds is 1. The molecule has 2 heteroatoms. The molecule has 0 aliphatic heterocycles. The Hall–Kier alpha value is -0.487. The van der Waals surface area contributed by atoms with Crippen LogP contribution in [-0.4, -0.2) is 0 Å². The van der Waals surface area contributed by atoms with Crippen molar-refractivity contribution in [3.05, 3.63) is 45.6 Å². The van der Waals surface area contributed by atoms with Crippen molar-refractivity contribution in [3.8, 4) is 0 Å². The molecule has 0 saturated carbocycles. The van der Waals surface area contributed by atoms with Gasteiger partial charge < -0.3 is 0 Å². The largest absolute Gasteiger partial charge is 2.00 e. The SMILES string of the molecule is Cc1cc(C(C)C)cccc1=O.[Zn+2]. The maximum absolute atomic E-state index is 11.2. The van der Waals surface area contributed by atoms with E-state index in [0.29, 0.717) is 5.92 Å². The predicted molar refractivity (Wildman–Crippen MR) is 51.5 cm³/mol. The van der Waals surface area contributed by atoms with E-state index in [4.69, 9.17) is 0 Å². The average Bonchev–Trinajstić information content (AvgIpc) is 2.15. The molecule has 0 atom stereocenters. The molecule has 0 radical (unpaired) electrons. The molecule has 1 rings (SSSR count). The summed E-state index contributed by atoms with van der Waals surface area (Å²) in [7, 11) is 0. The molecule has 0 amide bonds. The van der Waals surface area contributed by atoms with Crippen LogP contribution >= 0.6 is 0 Å². The normalized spacial score (nSPS) is 9.54. The summed E-state index contributed by atoms with van der Waals surface area (Å²) in [5.41, 5.74) is 2.15. The molecular formula is C11H14OZn+2. The van der Waals surface area contributed by atoms with Gasteiger partial charge in [-0.15, -0.1) is 0 Å². The van der Waals surface area contributed by atoms with Gasteiger partial charge in [0.2, 0.25) is 0 Å². The van der Waals surface area contributed by atoms with Gasteiger partial charge in [-0.1, -0.05) is 32.0 Å². The first-order valence-electron chi connectivity index (χ1n) is 4.22. The molecule has 0 bridgehead atoms. The summed E-state index contributed by atoms with van der Waals surface area (Å²) >= 11 is 0. The van der Waals surface area contributed by atoms with E-state index in [9.17, 15) is 4.79 Å². The molecule has 13 heavy (non-hydrogen) atoms. The van der Waals surface area contributed by atoms with E-state index >= 15 is 0 Å². The number of hydrogen-bond donors (Lipinski definition) is 0. The van der Waals surface area contributed by atoms with Crippen molar-refractivity contribution in [2.75, 3.05) is 0 Å². The van der Waals surface area contributed by atoms with Gasteiger partial charge in [0, 0.05) is 0 Å². The zero-order valence-electron chi connectivity index (χ0n) is 8.50. The first-order valence-corrected chi connectivity index (χ1v) is 4.22. The molecule has 0 heterocycles. The van der Waals surface area contributed by atoms with Crippen LogP contribution < -0.4 is 5.43 Å². The fraction of sp³-hybridized carbons (Fsp3) is 0.364. The Morgan fingerprint density at radius 2 is 1.85 bits per heavy atom. The van der Waals surface area contributed by atoms with Crippen LogP contribution in [0.4, 0.5) is 0 Å². The molecule has 64 valence electrons. The summed E-state index contributed by atoms with van der Waals surface area (Å²) in [5.74, 6) is 0.482. The molecule has 0 aliphatic rings. The first-order chi connectivity index (χ1) is 5.61. The van der Waals surface area contributed by atoms with Crippen LogP contribution in [0.25, 0.3) is 0 Å². The Kier molecular flexibility index (Phi) is 5.09. The first kappa shape index (κ1) is 12.5. The van der Waals surface area contributed by atoms with Crippen molar-refractivity contribution in [3.63, 3.8) is 0 Å². The summed E-state index contributed by atoms with van der Waals surface area (Å²) < 4.78 is 0. The molecule has 0 aliphatic carbocycles. The van der Waals surface area contributed by atoms with E-state index in [1.54, 1.807) is 6.07 Å². The van der Waals surface area contributed by atoms with Gasteiger partial charge in [-0.05, 0) is 30.0 Å². The molecule has 0 spiro atoms. The number of hydrogen-bond acceptors (Lipinski definition) is 1. The Labute approximate surface area is 91.9 Å². The minimum atomic E-state index is 0. The Balaban J connectivity index is 0.00000144. The molecule has 0 unspecified atom stereocenters. The monoisotopic (exact) mass is 226 g/mol. The summed E-state index contributed by atoms with van der Waals surface area (Å²) in [5, 5.41) is 0. The summed E-state index contributed by atoms with van der Waals surface area (Å²) in [6, 6.07) is 7.40. The van der Waals surface area contributed by atoms with E-state index < -0.39 is 0 Å². The predicted octanol–water partition coefficient (Wildman–Crippen LogP) is 2.48. The van der Waals surface area contributed by atoms with Crippen molar-refractivity contribution in [1.82, 2.24) is 0 Å². The molecular weight excluding hydrogens is 214 g/mol. The maximum Gasteiger partial charge on any atom is 2.00 e. The summed E-state index contributed by atoms with van der Waals surface area (Å²) in [6.45, 7) is 6.10. The van der Waals surface area contributed by atoms with Gasteiger partial charge >= 0.3 is 19.5 Å². The minimum absolute atomic E-state index is 0. The van der Waals surface area contributed by atoms with Crippen LogP contribution in [0.1, 0.15) is 30.9 Å². The van der Waals surface area contributed by atoms with E-state index in [-0.39, 0.29) is 24.9 Å². The van der Waals surface area contributed by atoms with Crippen LogP contribution in [0, 0.1) is 6.92 Å². The molecule has 1 nitrogen and oxygen atoms in total. The summed E-state index contributed by atoms with van der Waals surface area (Å²) in [4.78, 5) is 11.2. The summed E-state index contributed by atoms with van der Waals surface area (Å²) in [6.07, 6.45) is 0. The molecule has 1 aromatic rings. The Bertz CT molecular complexity index is 331. The van der Waals surface area contributed by atoms with Crippen LogP contribution in [-0.2, 0) is 19.5 Å². The average molecular weight is 228 g/mol. The number of aryl methyl sites for hydroxylation is 1. The van der Waals surface area contributed by atoms with Crippen molar-refractivity contribution in [1.29, 1.82) is 0 Å². The van der Waals surface area contributed by atoms with E-state index in [2.05, 4.69) is 13.8 Å². The van der Waals surface area contributed by atoms with Crippen molar-refractivity contribution in [2.24, 2.45) is 0 Å². The van der Waals surface area contributed by atoms with Crippen LogP contribution in [0.5, 0.6) is 0 Å². The van der Waals surface area contributed by atoms with E-state index in [1.165, 1.54) is 5.56 Å². The maximum atomic E-state index is 11.2. The Morgan fingerprint density at radius 3 is 2.38 bits per heavy atom. The van der Waals surface area contributed by atoms with Gasteiger partial charge in [-0.2, -0.15) is 0 Å². The smallest absolute Gasteiger partial charge is 0.290 e.